The molecule has 0 saturated carbocycles. The molecule has 1 atom stereocenters. The van der Waals surface area contributed by atoms with Crippen LogP contribution in [-0.4, -0.2) is 20.1 Å². The molecule has 0 spiro atoms. The van der Waals surface area contributed by atoms with Crippen molar-refractivity contribution in [2.24, 2.45) is 7.05 Å². The maximum absolute atomic E-state index is 13.6. The van der Waals surface area contributed by atoms with Gasteiger partial charge in [0.1, 0.15) is 11.6 Å². The first kappa shape index (κ1) is 13.1. The first-order chi connectivity index (χ1) is 8.47. The molecule has 4 nitrogen and oxygen atoms in total. The van der Waals surface area contributed by atoms with Crippen molar-refractivity contribution in [2.45, 2.75) is 12.5 Å². The van der Waals surface area contributed by atoms with Gasteiger partial charge in [-0.1, -0.05) is 21.1 Å². The van der Waals surface area contributed by atoms with E-state index in [1.165, 1.54) is 4.68 Å². The fourth-order valence-corrected chi connectivity index (χ4v) is 2.06. The molecule has 0 fully saturated rings. The number of benzene rings is 1. The maximum atomic E-state index is 13.6. The Labute approximate surface area is 110 Å². The summed E-state index contributed by atoms with van der Waals surface area (Å²) >= 11 is 2.98. The first-order valence-corrected chi connectivity index (χ1v) is 5.94. The molecule has 2 rings (SSSR count). The topological polar surface area (TPSA) is 50.9 Å². The van der Waals surface area contributed by atoms with E-state index in [9.17, 15) is 13.9 Å². The predicted molar refractivity (Wildman–Crippen MR) is 63.7 cm³/mol. The summed E-state index contributed by atoms with van der Waals surface area (Å²) in [6.45, 7) is 0. The highest BCUT2D eigenvalue weighted by Crippen LogP contribution is 2.26. The highest BCUT2D eigenvalue weighted by atomic mass is 79.9. The molecule has 0 aliphatic rings. The highest BCUT2D eigenvalue weighted by Gasteiger charge is 2.20. The predicted octanol–water partition coefficient (Wildman–Crippen LogP) is 2.13. The lowest BCUT2D eigenvalue weighted by Gasteiger charge is -2.11. The Morgan fingerprint density at radius 3 is 2.50 bits per heavy atom. The van der Waals surface area contributed by atoms with Crippen LogP contribution in [0.5, 0.6) is 0 Å². The Kier molecular flexibility index (Phi) is 3.72. The molecule has 96 valence electrons. The Morgan fingerprint density at radius 1 is 1.39 bits per heavy atom. The minimum Gasteiger partial charge on any atom is -0.388 e. The zero-order chi connectivity index (χ0) is 13.3. The lowest BCUT2D eigenvalue weighted by atomic mass is 10.0. The Bertz CT molecular complexity index is 550. The standard InChI is InChI=1S/C11H10BrF2N3O/c1-17-5-7(15-16-17)4-10(18)11-8(13)2-6(12)3-9(11)14/h2-3,5,10,18H,4H2,1H3. The quantitative estimate of drug-likeness (QED) is 0.943. The summed E-state index contributed by atoms with van der Waals surface area (Å²) in [6, 6.07) is 2.22. The van der Waals surface area contributed by atoms with E-state index in [2.05, 4.69) is 26.2 Å². The van der Waals surface area contributed by atoms with Crippen molar-refractivity contribution >= 4 is 15.9 Å². The van der Waals surface area contributed by atoms with Crippen molar-refractivity contribution in [2.75, 3.05) is 0 Å². The number of aliphatic hydroxyl groups is 1. The zero-order valence-corrected chi connectivity index (χ0v) is 11.0. The van der Waals surface area contributed by atoms with E-state index >= 15 is 0 Å². The van der Waals surface area contributed by atoms with E-state index in [4.69, 9.17) is 0 Å². The second-order valence-corrected chi connectivity index (χ2v) is 4.80. The van der Waals surface area contributed by atoms with Crippen molar-refractivity contribution in [3.05, 3.63) is 45.7 Å². The van der Waals surface area contributed by atoms with Crippen LogP contribution in [0.3, 0.4) is 0 Å². The first-order valence-electron chi connectivity index (χ1n) is 5.15. The molecule has 7 heteroatoms. The van der Waals surface area contributed by atoms with Crippen LogP contribution in [0.4, 0.5) is 8.78 Å². The number of nitrogens with zero attached hydrogens (tertiary/aromatic N) is 3. The Hall–Kier alpha value is -1.34. The Morgan fingerprint density at radius 2 is 2.00 bits per heavy atom. The molecule has 0 bridgehead atoms. The SMILES string of the molecule is Cn1cc(CC(O)c2c(F)cc(Br)cc2F)nn1. The van der Waals surface area contributed by atoms with Crippen LogP contribution in [0.2, 0.25) is 0 Å². The smallest absolute Gasteiger partial charge is 0.133 e. The van der Waals surface area contributed by atoms with Gasteiger partial charge in [0, 0.05) is 24.1 Å². The van der Waals surface area contributed by atoms with Gasteiger partial charge in [-0.3, -0.25) is 4.68 Å². The van der Waals surface area contributed by atoms with Crippen molar-refractivity contribution in [1.82, 2.24) is 15.0 Å². The molecule has 1 heterocycles. The van der Waals surface area contributed by atoms with Crippen molar-refractivity contribution in [3.63, 3.8) is 0 Å². The van der Waals surface area contributed by atoms with Crippen LogP contribution in [0.1, 0.15) is 17.4 Å². The Balaban J connectivity index is 2.26. The summed E-state index contributed by atoms with van der Waals surface area (Å²) < 4.78 is 28.9. The van der Waals surface area contributed by atoms with E-state index in [1.54, 1.807) is 13.2 Å². The van der Waals surface area contributed by atoms with Gasteiger partial charge in [-0.05, 0) is 12.1 Å². The van der Waals surface area contributed by atoms with Crippen LogP contribution in [-0.2, 0) is 13.5 Å². The van der Waals surface area contributed by atoms with E-state index in [0.29, 0.717) is 5.69 Å². The minimum absolute atomic E-state index is 0.00329. The van der Waals surface area contributed by atoms with E-state index in [-0.39, 0.29) is 16.5 Å². The van der Waals surface area contributed by atoms with Crippen LogP contribution in [0.15, 0.2) is 22.8 Å². The fourth-order valence-electron chi connectivity index (χ4n) is 1.66. The van der Waals surface area contributed by atoms with E-state index in [0.717, 1.165) is 12.1 Å². The molecule has 0 aliphatic heterocycles. The number of halogens is 3. The fraction of sp³-hybridized carbons (Fsp3) is 0.273. The minimum atomic E-state index is -1.30. The van der Waals surface area contributed by atoms with Crippen LogP contribution in [0.25, 0.3) is 0 Å². The van der Waals surface area contributed by atoms with Gasteiger partial charge in [0.25, 0.3) is 0 Å². The normalized spacial score (nSPS) is 12.7. The molecule has 2 aromatic rings. The molecule has 0 saturated heterocycles. The molecular formula is C11H10BrF2N3O. The molecule has 1 N–H and O–H groups in total. The van der Waals surface area contributed by atoms with Crippen LogP contribution in [0, 0.1) is 11.6 Å². The van der Waals surface area contributed by atoms with Gasteiger partial charge in [-0.25, -0.2) is 8.78 Å². The summed E-state index contributed by atoms with van der Waals surface area (Å²) in [5.74, 6) is -1.59. The van der Waals surface area contributed by atoms with E-state index in [1.807, 2.05) is 0 Å². The van der Waals surface area contributed by atoms with Crippen molar-refractivity contribution in [1.29, 1.82) is 0 Å². The van der Waals surface area contributed by atoms with E-state index < -0.39 is 17.7 Å². The maximum Gasteiger partial charge on any atom is 0.133 e. The molecule has 18 heavy (non-hydrogen) atoms. The third-order valence-electron chi connectivity index (χ3n) is 2.43. The van der Waals surface area contributed by atoms with Crippen LogP contribution >= 0.6 is 15.9 Å². The average molecular weight is 318 g/mol. The second-order valence-electron chi connectivity index (χ2n) is 3.89. The largest absolute Gasteiger partial charge is 0.388 e. The van der Waals surface area contributed by atoms with Gasteiger partial charge in [0.05, 0.1) is 17.4 Å². The van der Waals surface area contributed by atoms with Gasteiger partial charge >= 0.3 is 0 Å². The number of aromatic nitrogens is 3. The van der Waals surface area contributed by atoms with Gasteiger partial charge in [-0.2, -0.15) is 0 Å². The number of aryl methyl sites for hydroxylation is 1. The number of hydrogen-bond acceptors (Lipinski definition) is 3. The average Bonchev–Trinajstić information content (AvgIpc) is 2.62. The molecule has 1 unspecified atom stereocenters. The third-order valence-corrected chi connectivity index (χ3v) is 2.89. The molecule has 0 aliphatic carbocycles. The summed E-state index contributed by atoms with van der Waals surface area (Å²) in [5.41, 5.74) is 0.107. The lowest BCUT2D eigenvalue weighted by molar-refractivity contribution is 0.167. The van der Waals surface area contributed by atoms with Gasteiger partial charge in [-0.15, -0.1) is 5.10 Å². The summed E-state index contributed by atoms with van der Waals surface area (Å²) in [5, 5.41) is 17.3. The second kappa shape index (κ2) is 5.11. The molecule has 1 aromatic heterocycles. The molecular weight excluding hydrogens is 308 g/mol. The van der Waals surface area contributed by atoms with Gasteiger partial charge in [0.15, 0.2) is 0 Å². The number of rotatable bonds is 3. The number of hydrogen-bond donors (Lipinski definition) is 1. The lowest BCUT2D eigenvalue weighted by Crippen LogP contribution is -2.07. The summed E-state index contributed by atoms with van der Waals surface area (Å²) in [4.78, 5) is 0. The van der Waals surface area contributed by atoms with Gasteiger partial charge < -0.3 is 5.11 Å². The molecule has 1 aromatic carbocycles. The van der Waals surface area contributed by atoms with Crippen molar-refractivity contribution < 1.29 is 13.9 Å². The summed E-state index contributed by atoms with van der Waals surface area (Å²) in [6.07, 6.45) is 0.288. The van der Waals surface area contributed by atoms with Crippen LogP contribution < -0.4 is 0 Å². The third kappa shape index (κ3) is 2.73. The van der Waals surface area contributed by atoms with Crippen molar-refractivity contribution in [3.8, 4) is 0 Å². The summed E-state index contributed by atoms with van der Waals surface area (Å²) in [7, 11) is 1.67. The van der Waals surface area contributed by atoms with Gasteiger partial charge in [0.2, 0.25) is 0 Å². The molecule has 0 radical (unpaired) electrons. The molecule has 0 amide bonds. The number of aliphatic hydroxyl groups excluding tert-OH is 1. The highest BCUT2D eigenvalue weighted by molar-refractivity contribution is 9.10. The zero-order valence-electron chi connectivity index (χ0n) is 9.44. The monoisotopic (exact) mass is 317 g/mol.